The van der Waals surface area contributed by atoms with Crippen molar-refractivity contribution in [3.63, 3.8) is 0 Å². The van der Waals surface area contributed by atoms with E-state index in [-0.39, 0.29) is 11.1 Å². The van der Waals surface area contributed by atoms with Gasteiger partial charge in [-0.15, -0.1) is 0 Å². The molecule has 0 atom stereocenters. The molecule has 1 saturated heterocycles. The Morgan fingerprint density at radius 1 is 1.23 bits per heavy atom. The van der Waals surface area contributed by atoms with Crippen LogP contribution in [0.3, 0.4) is 0 Å². The van der Waals surface area contributed by atoms with Gasteiger partial charge in [-0.05, 0) is 25.0 Å². The molecule has 0 bridgehead atoms. The van der Waals surface area contributed by atoms with Gasteiger partial charge in [-0.2, -0.15) is 0 Å². The van der Waals surface area contributed by atoms with E-state index >= 15 is 0 Å². The van der Waals surface area contributed by atoms with Crippen molar-refractivity contribution in [1.82, 2.24) is 14.9 Å². The van der Waals surface area contributed by atoms with Crippen LogP contribution in [0.15, 0.2) is 29.4 Å². The van der Waals surface area contributed by atoms with E-state index < -0.39 is 0 Å². The molecule has 2 heterocycles. The van der Waals surface area contributed by atoms with Gasteiger partial charge in [-0.25, -0.2) is 4.98 Å². The van der Waals surface area contributed by atoms with Crippen LogP contribution in [0.25, 0.3) is 11.0 Å². The van der Waals surface area contributed by atoms with E-state index in [1.165, 1.54) is 4.90 Å². The average Bonchev–Trinajstić information content (AvgIpc) is 3.07. The van der Waals surface area contributed by atoms with Crippen molar-refractivity contribution in [3.05, 3.63) is 24.3 Å². The van der Waals surface area contributed by atoms with E-state index in [2.05, 4.69) is 9.97 Å². The van der Waals surface area contributed by atoms with Crippen LogP contribution in [-0.2, 0) is 4.79 Å². The van der Waals surface area contributed by atoms with Crippen molar-refractivity contribution in [1.29, 1.82) is 0 Å². The van der Waals surface area contributed by atoms with E-state index in [0.29, 0.717) is 12.3 Å². The third-order valence-corrected chi connectivity index (χ3v) is 5.29. The highest BCUT2D eigenvalue weighted by molar-refractivity contribution is 8.14. The third kappa shape index (κ3) is 3.64. The number of nitrogens with one attached hydrogen (secondary N) is 1. The second-order valence-electron chi connectivity index (χ2n) is 5.07. The molecule has 1 aromatic carbocycles. The highest BCUT2D eigenvalue weighted by Crippen LogP contribution is 2.21. The lowest BCUT2D eigenvalue weighted by Gasteiger charge is -2.11. The summed E-state index contributed by atoms with van der Waals surface area (Å²) in [4.78, 5) is 32.1. The first-order chi connectivity index (χ1) is 10.7. The van der Waals surface area contributed by atoms with Crippen LogP contribution in [-0.4, -0.2) is 44.1 Å². The number of imidazole rings is 1. The molecule has 0 radical (unpaired) electrons. The number of H-pyrrole nitrogens is 1. The fraction of sp³-hybridized carbons (Fsp3) is 0.400. The maximum absolute atomic E-state index is 11.4. The van der Waals surface area contributed by atoms with Crippen molar-refractivity contribution in [2.75, 3.05) is 18.1 Å². The first kappa shape index (κ1) is 15.4. The third-order valence-electron chi connectivity index (χ3n) is 3.47. The van der Waals surface area contributed by atoms with Gasteiger partial charge in [0, 0.05) is 12.3 Å². The summed E-state index contributed by atoms with van der Waals surface area (Å²) >= 11 is 2.81. The van der Waals surface area contributed by atoms with Crippen LogP contribution in [0.2, 0.25) is 0 Å². The van der Waals surface area contributed by atoms with Gasteiger partial charge in [-0.1, -0.05) is 42.1 Å². The predicted molar refractivity (Wildman–Crippen MR) is 90.2 cm³/mol. The zero-order valence-electron chi connectivity index (χ0n) is 12.1. The second-order valence-corrected chi connectivity index (χ2v) is 7.08. The summed E-state index contributed by atoms with van der Waals surface area (Å²) < 4.78 is 0. The van der Waals surface area contributed by atoms with Gasteiger partial charge in [0.1, 0.15) is 0 Å². The minimum absolute atomic E-state index is 0.0494. The Morgan fingerprint density at radius 2 is 2.09 bits per heavy atom. The number of hydrogen-bond donors (Lipinski definition) is 1. The summed E-state index contributed by atoms with van der Waals surface area (Å²) in [6.07, 6.45) is 2.93. The number of aromatic nitrogens is 2. The standard InChI is InChI=1S/C15H17N3O2S2/c19-13-10-22-15(20)18(13)8-4-1-5-9-21-14-16-11-6-2-3-7-12(11)17-14/h2-3,6-7H,1,4-5,8-10H2,(H,16,17). The Labute approximate surface area is 137 Å². The quantitative estimate of drug-likeness (QED) is 0.619. The lowest BCUT2D eigenvalue weighted by Crippen LogP contribution is -2.29. The van der Waals surface area contributed by atoms with Crippen LogP contribution in [0.1, 0.15) is 19.3 Å². The molecule has 1 aromatic heterocycles. The van der Waals surface area contributed by atoms with E-state index in [0.717, 1.165) is 53.0 Å². The van der Waals surface area contributed by atoms with Crippen LogP contribution >= 0.6 is 23.5 Å². The highest BCUT2D eigenvalue weighted by Gasteiger charge is 2.28. The van der Waals surface area contributed by atoms with Crippen molar-refractivity contribution in [2.24, 2.45) is 0 Å². The number of unbranched alkanes of at least 4 members (excludes halogenated alkanes) is 2. The number of benzene rings is 1. The SMILES string of the molecule is O=C1CSC(=O)N1CCCCCSc1nc2ccccc2[nH]1. The van der Waals surface area contributed by atoms with Crippen molar-refractivity contribution in [2.45, 2.75) is 24.4 Å². The molecule has 2 amide bonds. The number of nitrogens with zero attached hydrogens (tertiary/aromatic N) is 2. The predicted octanol–water partition coefficient (Wildman–Crippen LogP) is 3.52. The summed E-state index contributed by atoms with van der Waals surface area (Å²) in [6.45, 7) is 0.556. The highest BCUT2D eigenvalue weighted by atomic mass is 32.2. The molecule has 2 aromatic rings. The molecular weight excluding hydrogens is 318 g/mol. The summed E-state index contributed by atoms with van der Waals surface area (Å²) in [5, 5.41) is 0.851. The second kappa shape index (κ2) is 7.19. The normalized spacial score (nSPS) is 15.2. The fourth-order valence-corrected chi connectivity index (χ4v) is 3.95. The van der Waals surface area contributed by atoms with Gasteiger partial charge in [0.05, 0.1) is 16.8 Å². The number of hydrogen-bond acceptors (Lipinski definition) is 5. The van der Waals surface area contributed by atoms with Crippen LogP contribution in [0.4, 0.5) is 4.79 Å². The lowest BCUT2D eigenvalue weighted by molar-refractivity contribution is -0.124. The molecule has 7 heteroatoms. The number of amides is 2. The van der Waals surface area contributed by atoms with E-state index in [9.17, 15) is 9.59 Å². The molecule has 0 unspecified atom stereocenters. The molecule has 5 nitrogen and oxygen atoms in total. The van der Waals surface area contributed by atoms with Crippen molar-refractivity contribution < 1.29 is 9.59 Å². The van der Waals surface area contributed by atoms with E-state index in [4.69, 9.17) is 0 Å². The van der Waals surface area contributed by atoms with Gasteiger partial charge in [0.15, 0.2) is 5.16 Å². The molecule has 22 heavy (non-hydrogen) atoms. The molecule has 1 N–H and O–H groups in total. The molecular formula is C15H17N3O2S2. The van der Waals surface area contributed by atoms with Crippen molar-refractivity contribution >= 4 is 45.7 Å². The van der Waals surface area contributed by atoms with Crippen LogP contribution in [0.5, 0.6) is 0 Å². The molecule has 1 fully saturated rings. The summed E-state index contributed by atoms with van der Waals surface area (Å²) in [5.74, 6) is 1.24. The smallest absolute Gasteiger partial charge is 0.288 e. The number of thioether (sulfide) groups is 2. The Balaban J connectivity index is 1.35. The maximum atomic E-state index is 11.4. The van der Waals surface area contributed by atoms with Gasteiger partial charge in [-0.3, -0.25) is 14.5 Å². The monoisotopic (exact) mass is 335 g/mol. The first-order valence-corrected chi connectivity index (χ1v) is 9.26. The summed E-state index contributed by atoms with van der Waals surface area (Å²) in [7, 11) is 0. The van der Waals surface area contributed by atoms with E-state index in [1.54, 1.807) is 11.8 Å². The fourth-order valence-electron chi connectivity index (χ4n) is 2.31. The number of carbonyl (C=O) groups is 2. The molecule has 0 saturated carbocycles. The average molecular weight is 335 g/mol. The minimum Gasteiger partial charge on any atom is -0.333 e. The molecule has 0 aliphatic carbocycles. The zero-order valence-corrected chi connectivity index (χ0v) is 13.7. The molecule has 3 rings (SSSR count). The summed E-state index contributed by atoms with van der Waals surface area (Å²) in [5.41, 5.74) is 2.06. The van der Waals surface area contributed by atoms with Crippen LogP contribution < -0.4 is 0 Å². The number of para-hydroxylation sites is 2. The number of imide groups is 1. The Hall–Kier alpha value is -1.47. The topological polar surface area (TPSA) is 66.1 Å². The van der Waals surface area contributed by atoms with Crippen LogP contribution in [0, 0.1) is 0 Å². The Kier molecular flexibility index (Phi) is 5.04. The number of aromatic amines is 1. The van der Waals surface area contributed by atoms with Gasteiger partial charge < -0.3 is 4.98 Å². The lowest BCUT2D eigenvalue weighted by atomic mass is 10.2. The molecule has 0 spiro atoms. The molecule has 116 valence electrons. The number of rotatable bonds is 7. The molecule has 1 aliphatic heterocycles. The Bertz CT molecular complexity index is 637. The summed E-state index contributed by atoms with van der Waals surface area (Å²) in [6, 6.07) is 8.00. The minimum atomic E-state index is -0.0957. The number of carbonyl (C=O) groups excluding carboxylic acids is 2. The van der Waals surface area contributed by atoms with Gasteiger partial charge in [0.2, 0.25) is 5.91 Å². The van der Waals surface area contributed by atoms with Gasteiger partial charge >= 0.3 is 0 Å². The zero-order chi connectivity index (χ0) is 15.4. The Morgan fingerprint density at radius 3 is 2.86 bits per heavy atom. The van der Waals surface area contributed by atoms with E-state index in [1.807, 2.05) is 24.3 Å². The molecule has 1 aliphatic rings. The van der Waals surface area contributed by atoms with Crippen molar-refractivity contribution in [3.8, 4) is 0 Å². The maximum Gasteiger partial charge on any atom is 0.288 e. The number of fused-ring (bicyclic) bond motifs is 1. The first-order valence-electron chi connectivity index (χ1n) is 7.29. The van der Waals surface area contributed by atoms with Gasteiger partial charge in [0.25, 0.3) is 5.24 Å². The largest absolute Gasteiger partial charge is 0.333 e.